The Morgan fingerprint density at radius 1 is 1.05 bits per heavy atom. The predicted octanol–water partition coefficient (Wildman–Crippen LogP) is 6.06. The predicted molar refractivity (Wildman–Crippen MR) is 143 cm³/mol. The van der Waals surface area contributed by atoms with Crippen LogP contribution in [0, 0.1) is 6.92 Å². The number of amides is 1. The quantitative estimate of drug-likeness (QED) is 0.409. The molecule has 0 unspecified atom stereocenters. The zero-order chi connectivity index (χ0) is 28.9. The van der Waals surface area contributed by atoms with Crippen molar-refractivity contribution in [3.8, 4) is 16.9 Å². The van der Waals surface area contributed by atoms with Crippen molar-refractivity contribution in [2.45, 2.75) is 63.7 Å². The van der Waals surface area contributed by atoms with Crippen LogP contribution >= 0.6 is 0 Å². The number of carboxylic acid groups (broad SMARTS) is 1. The van der Waals surface area contributed by atoms with Gasteiger partial charge in [0.05, 0.1) is 24.6 Å². The maximum absolute atomic E-state index is 13.6. The van der Waals surface area contributed by atoms with Gasteiger partial charge in [-0.2, -0.15) is 13.2 Å². The molecule has 2 N–H and O–H groups in total. The number of nitrogens with one attached hydrogen (secondary N) is 1. The van der Waals surface area contributed by atoms with E-state index in [-0.39, 0.29) is 6.42 Å². The van der Waals surface area contributed by atoms with Crippen LogP contribution in [0.25, 0.3) is 11.1 Å². The molecule has 0 radical (unpaired) electrons. The first kappa shape index (κ1) is 28.9. The van der Waals surface area contributed by atoms with Gasteiger partial charge >= 0.3 is 12.1 Å². The van der Waals surface area contributed by atoms with E-state index in [1.54, 1.807) is 18.2 Å². The molecule has 2 bridgehead atoms. The Bertz CT molecular complexity index is 1430. The number of benzene rings is 2. The normalized spacial score (nSPS) is 18.8. The Labute approximate surface area is 229 Å². The number of carboxylic acids is 1. The highest BCUT2D eigenvalue weighted by Crippen LogP contribution is 2.35. The van der Waals surface area contributed by atoms with Crippen molar-refractivity contribution in [3.63, 3.8) is 0 Å². The van der Waals surface area contributed by atoms with Gasteiger partial charge in [0, 0.05) is 17.8 Å². The largest absolute Gasteiger partial charge is 0.493 e. The summed E-state index contributed by atoms with van der Waals surface area (Å²) in [7, 11) is 0. The van der Waals surface area contributed by atoms with Gasteiger partial charge in [-0.15, -0.1) is 0 Å². The van der Waals surface area contributed by atoms with E-state index in [1.807, 2.05) is 31.2 Å². The highest BCUT2D eigenvalue weighted by molar-refractivity contribution is 5.82. The van der Waals surface area contributed by atoms with Gasteiger partial charge in [-0.05, 0) is 54.7 Å². The summed E-state index contributed by atoms with van der Waals surface area (Å²) in [5.41, 5.74) is 1.29. The number of aryl methyl sites for hydroxylation is 1. The fraction of sp³-hybridized carbons (Fsp3) is 0.367. The van der Waals surface area contributed by atoms with Crippen LogP contribution in [-0.2, 0) is 15.8 Å². The number of pyridine rings is 1. The SMILES string of the molecule is Cc1cccc2c1-c1cccc(c1)[C@H](CC(=O)O)NC(=O)[C@@H](n1cc(C(F)(F)F)ccc1=O)CCCCCCO2. The lowest BCUT2D eigenvalue weighted by Crippen LogP contribution is -2.39. The van der Waals surface area contributed by atoms with E-state index in [4.69, 9.17) is 4.74 Å². The summed E-state index contributed by atoms with van der Waals surface area (Å²) in [4.78, 5) is 38.0. The number of nitrogens with zero attached hydrogens (tertiary/aromatic N) is 1. The van der Waals surface area contributed by atoms with Gasteiger partial charge in [-0.1, -0.05) is 49.6 Å². The van der Waals surface area contributed by atoms with E-state index < -0.39 is 47.7 Å². The van der Waals surface area contributed by atoms with E-state index in [1.165, 1.54) is 0 Å². The second-order valence-corrected chi connectivity index (χ2v) is 9.96. The molecule has 0 saturated carbocycles. The maximum atomic E-state index is 13.6. The van der Waals surface area contributed by atoms with Crippen molar-refractivity contribution >= 4 is 11.9 Å². The molecular weight excluding hydrogens is 525 g/mol. The molecular formula is C30H31F3N2O5. The van der Waals surface area contributed by atoms with Crippen molar-refractivity contribution in [2.75, 3.05) is 6.61 Å². The minimum Gasteiger partial charge on any atom is -0.493 e. The Morgan fingerprint density at radius 2 is 1.80 bits per heavy atom. The number of carbonyl (C=O) groups is 2. The van der Waals surface area contributed by atoms with Crippen LogP contribution < -0.4 is 15.6 Å². The van der Waals surface area contributed by atoms with Gasteiger partial charge in [0.25, 0.3) is 5.56 Å². The van der Waals surface area contributed by atoms with Crippen LogP contribution in [-0.4, -0.2) is 28.2 Å². The lowest BCUT2D eigenvalue weighted by Gasteiger charge is -2.25. The summed E-state index contributed by atoms with van der Waals surface area (Å²) in [6.45, 7) is 2.40. The number of carbonyl (C=O) groups excluding carboxylic acids is 1. The smallest absolute Gasteiger partial charge is 0.417 e. The van der Waals surface area contributed by atoms with Crippen molar-refractivity contribution in [1.82, 2.24) is 9.88 Å². The molecule has 7 nitrogen and oxygen atoms in total. The molecule has 40 heavy (non-hydrogen) atoms. The monoisotopic (exact) mass is 556 g/mol. The zero-order valence-corrected chi connectivity index (χ0v) is 22.0. The maximum Gasteiger partial charge on any atom is 0.417 e. The average molecular weight is 557 g/mol. The van der Waals surface area contributed by atoms with Gasteiger partial charge in [-0.3, -0.25) is 14.4 Å². The molecule has 2 atom stereocenters. The molecule has 0 fully saturated rings. The summed E-state index contributed by atoms with van der Waals surface area (Å²) in [5, 5.41) is 12.3. The highest BCUT2D eigenvalue weighted by atomic mass is 19.4. The third-order valence-electron chi connectivity index (χ3n) is 7.04. The molecule has 1 aliphatic heterocycles. The summed E-state index contributed by atoms with van der Waals surface area (Å²) in [5.74, 6) is -1.19. The van der Waals surface area contributed by atoms with Crippen LogP contribution in [0.5, 0.6) is 5.75 Å². The first-order valence-electron chi connectivity index (χ1n) is 13.2. The van der Waals surface area contributed by atoms with Crippen molar-refractivity contribution in [3.05, 3.63) is 87.8 Å². The van der Waals surface area contributed by atoms with Crippen molar-refractivity contribution < 1.29 is 32.6 Å². The topological polar surface area (TPSA) is 97.6 Å². The van der Waals surface area contributed by atoms with Crippen molar-refractivity contribution in [1.29, 1.82) is 0 Å². The lowest BCUT2D eigenvalue weighted by atomic mass is 9.94. The minimum absolute atomic E-state index is 0.107. The zero-order valence-electron chi connectivity index (χ0n) is 22.0. The molecule has 2 aromatic carbocycles. The summed E-state index contributed by atoms with van der Waals surface area (Å²) in [6, 6.07) is 12.1. The standard InChI is InChI=1S/C30H31F3N2O5/c1-19-8-6-12-25-28(19)21-10-7-9-20(16-21)23(17-27(37)38)34-29(39)24(11-4-2-3-5-15-40-25)35-18-22(30(31,32)33)13-14-26(35)36/h6-10,12-14,16,18,23-24H,2-5,11,15,17H2,1H3,(H,34,39)(H,37,38)/t23-,24-/m0/s1. The summed E-state index contributed by atoms with van der Waals surface area (Å²) in [6.07, 6.45) is -1.78. The third-order valence-corrected chi connectivity index (χ3v) is 7.04. The van der Waals surface area contributed by atoms with Gasteiger partial charge in [0.2, 0.25) is 5.91 Å². The van der Waals surface area contributed by atoms with Gasteiger partial charge in [0.15, 0.2) is 0 Å². The molecule has 212 valence electrons. The number of halogens is 3. The molecule has 1 aliphatic rings. The first-order valence-corrected chi connectivity index (χ1v) is 13.2. The lowest BCUT2D eigenvalue weighted by molar-refractivity contribution is -0.139. The number of fused-ring (bicyclic) bond motifs is 4. The van der Waals surface area contributed by atoms with Crippen LogP contribution in [0.1, 0.15) is 67.3 Å². The molecule has 1 amide bonds. The number of ether oxygens (including phenoxy) is 1. The van der Waals surface area contributed by atoms with E-state index in [0.717, 1.165) is 40.2 Å². The van der Waals surface area contributed by atoms with Gasteiger partial charge < -0.3 is 19.7 Å². The second-order valence-electron chi connectivity index (χ2n) is 9.96. The second kappa shape index (κ2) is 12.4. The fourth-order valence-electron chi connectivity index (χ4n) is 5.02. The average Bonchev–Trinajstić information content (AvgIpc) is 2.89. The van der Waals surface area contributed by atoms with Gasteiger partial charge in [-0.25, -0.2) is 0 Å². The molecule has 4 rings (SSSR count). The van der Waals surface area contributed by atoms with Crippen LogP contribution in [0.2, 0.25) is 0 Å². The molecule has 1 aromatic heterocycles. The van der Waals surface area contributed by atoms with E-state index in [0.29, 0.717) is 43.0 Å². The Hall–Kier alpha value is -4.08. The van der Waals surface area contributed by atoms with Crippen LogP contribution in [0.15, 0.2) is 65.6 Å². The molecule has 0 aliphatic carbocycles. The van der Waals surface area contributed by atoms with E-state index in [9.17, 15) is 32.7 Å². The minimum atomic E-state index is -4.70. The van der Waals surface area contributed by atoms with Gasteiger partial charge in [0.1, 0.15) is 11.8 Å². The Balaban J connectivity index is 1.78. The molecule has 3 aromatic rings. The Kier molecular flexibility index (Phi) is 8.96. The van der Waals surface area contributed by atoms with E-state index >= 15 is 0 Å². The molecule has 0 saturated heterocycles. The van der Waals surface area contributed by atoms with Crippen molar-refractivity contribution in [2.24, 2.45) is 0 Å². The number of rotatable bonds is 3. The summed E-state index contributed by atoms with van der Waals surface area (Å²) >= 11 is 0. The number of hydrogen-bond acceptors (Lipinski definition) is 4. The number of aliphatic carboxylic acids is 1. The van der Waals surface area contributed by atoms with Crippen LogP contribution in [0.3, 0.4) is 0 Å². The number of aromatic nitrogens is 1. The molecule has 2 heterocycles. The van der Waals surface area contributed by atoms with Crippen LogP contribution in [0.4, 0.5) is 13.2 Å². The Morgan fingerprint density at radius 3 is 2.55 bits per heavy atom. The first-order chi connectivity index (χ1) is 19.0. The highest BCUT2D eigenvalue weighted by Gasteiger charge is 2.33. The fourth-order valence-corrected chi connectivity index (χ4v) is 5.02. The third kappa shape index (κ3) is 6.91. The molecule has 10 heteroatoms. The number of alkyl halides is 3. The number of hydrogen-bond donors (Lipinski definition) is 2. The van der Waals surface area contributed by atoms with E-state index in [2.05, 4.69) is 5.32 Å². The summed E-state index contributed by atoms with van der Waals surface area (Å²) < 4.78 is 47.3. The molecule has 0 spiro atoms.